The van der Waals surface area contributed by atoms with Crippen molar-refractivity contribution in [1.82, 2.24) is 5.16 Å². The highest BCUT2D eigenvalue weighted by atomic mass is 16.5. The van der Waals surface area contributed by atoms with Gasteiger partial charge < -0.3 is 15.0 Å². The number of aromatic nitrogens is 1. The molecule has 0 amide bonds. The van der Waals surface area contributed by atoms with Crippen molar-refractivity contribution in [1.29, 1.82) is 0 Å². The SMILES string of the molecule is Nc1cc(-c2ccc(CC3COC3)cc2)on1. The molecule has 17 heavy (non-hydrogen) atoms. The van der Waals surface area contributed by atoms with Crippen LogP contribution in [0.15, 0.2) is 34.9 Å². The van der Waals surface area contributed by atoms with E-state index in [1.807, 2.05) is 12.1 Å². The van der Waals surface area contributed by atoms with Gasteiger partial charge in [0.05, 0.1) is 13.2 Å². The fraction of sp³-hybridized carbons (Fsp3) is 0.308. The lowest BCUT2D eigenvalue weighted by Crippen LogP contribution is -2.29. The molecule has 3 rings (SSSR count). The molecule has 1 aliphatic heterocycles. The van der Waals surface area contributed by atoms with Gasteiger partial charge in [0, 0.05) is 17.5 Å². The second kappa shape index (κ2) is 4.22. The maximum Gasteiger partial charge on any atom is 0.169 e. The van der Waals surface area contributed by atoms with Crippen molar-refractivity contribution in [3.05, 3.63) is 35.9 Å². The first-order valence-electron chi connectivity index (χ1n) is 5.70. The summed E-state index contributed by atoms with van der Waals surface area (Å²) >= 11 is 0. The van der Waals surface area contributed by atoms with Gasteiger partial charge in [-0.15, -0.1) is 0 Å². The molecule has 0 spiro atoms. The van der Waals surface area contributed by atoms with Gasteiger partial charge in [-0.05, 0) is 12.0 Å². The lowest BCUT2D eigenvalue weighted by molar-refractivity contribution is -0.0312. The maximum absolute atomic E-state index is 5.52. The molecule has 2 aromatic rings. The van der Waals surface area contributed by atoms with Crippen LogP contribution in [0, 0.1) is 5.92 Å². The third-order valence-corrected chi connectivity index (χ3v) is 3.00. The average Bonchev–Trinajstić information content (AvgIpc) is 2.71. The molecule has 0 atom stereocenters. The van der Waals surface area contributed by atoms with E-state index in [-0.39, 0.29) is 0 Å². The lowest BCUT2D eigenvalue weighted by Gasteiger charge is -2.25. The van der Waals surface area contributed by atoms with Gasteiger partial charge in [-0.3, -0.25) is 0 Å². The third kappa shape index (κ3) is 2.17. The largest absolute Gasteiger partial charge is 0.381 e. The Morgan fingerprint density at radius 1 is 1.24 bits per heavy atom. The van der Waals surface area contributed by atoms with Gasteiger partial charge >= 0.3 is 0 Å². The zero-order valence-corrected chi connectivity index (χ0v) is 9.43. The Hall–Kier alpha value is -1.81. The van der Waals surface area contributed by atoms with Gasteiger partial charge in [0.15, 0.2) is 11.6 Å². The second-order valence-corrected chi connectivity index (χ2v) is 4.42. The van der Waals surface area contributed by atoms with Crippen molar-refractivity contribution in [2.45, 2.75) is 6.42 Å². The fourth-order valence-electron chi connectivity index (χ4n) is 1.97. The first kappa shape index (κ1) is 10.4. The van der Waals surface area contributed by atoms with E-state index in [9.17, 15) is 0 Å². The minimum Gasteiger partial charge on any atom is -0.381 e. The highest BCUT2D eigenvalue weighted by Gasteiger charge is 2.18. The molecule has 0 aliphatic carbocycles. The van der Waals surface area contributed by atoms with Crippen LogP contribution < -0.4 is 5.73 Å². The molecule has 4 nitrogen and oxygen atoms in total. The molecule has 1 aromatic heterocycles. The Bertz CT molecular complexity index is 500. The highest BCUT2D eigenvalue weighted by molar-refractivity contribution is 5.60. The fourth-order valence-corrected chi connectivity index (χ4v) is 1.97. The van der Waals surface area contributed by atoms with Crippen LogP contribution >= 0.6 is 0 Å². The number of ether oxygens (including phenoxy) is 1. The van der Waals surface area contributed by atoms with Crippen LogP contribution in [0.1, 0.15) is 5.56 Å². The summed E-state index contributed by atoms with van der Waals surface area (Å²) in [6, 6.07) is 10.0. The van der Waals surface area contributed by atoms with Crippen LogP contribution in [0.4, 0.5) is 5.82 Å². The first-order valence-corrected chi connectivity index (χ1v) is 5.70. The van der Waals surface area contributed by atoms with Crippen molar-refractivity contribution in [2.75, 3.05) is 18.9 Å². The van der Waals surface area contributed by atoms with Crippen LogP contribution in [0.25, 0.3) is 11.3 Å². The predicted molar refractivity (Wildman–Crippen MR) is 64.4 cm³/mol. The molecule has 88 valence electrons. The molecule has 0 saturated carbocycles. The summed E-state index contributed by atoms with van der Waals surface area (Å²) in [7, 11) is 0. The summed E-state index contributed by atoms with van der Waals surface area (Å²) in [6.07, 6.45) is 1.08. The molecule has 0 radical (unpaired) electrons. The average molecular weight is 230 g/mol. The molecule has 2 heterocycles. The number of hydrogen-bond donors (Lipinski definition) is 1. The molecular weight excluding hydrogens is 216 g/mol. The van der Waals surface area contributed by atoms with Gasteiger partial charge in [-0.2, -0.15) is 0 Å². The monoisotopic (exact) mass is 230 g/mol. The van der Waals surface area contributed by atoms with E-state index in [1.54, 1.807) is 6.07 Å². The summed E-state index contributed by atoms with van der Waals surface area (Å²) in [5.74, 6) is 1.80. The second-order valence-electron chi connectivity index (χ2n) is 4.42. The Balaban J connectivity index is 1.75. The van der Waals surface area contributed by atoms with Crippen LogP contribution in [-0.2, 0) is 11.2 Å². The maximum atomic E-state index is 5.52. The molecule has 1 saturated heterocycles. The summed E-state index contributed by atoms with van der Waals surface area (Å²) in [5.41, 5.74) is 7.85. The zero-order chi connectivity index (χ0) is 11.7. The molecule has 2 N–H and O–H groups in total. The van der Waals surface area contributed by atoms with Crippen molar-refractivity contribution in [3.8, 4) is 11.3 Å². The smallest absolute Gasteiger partial charge is 0.169 e. The Morgan fingerprint density at radius 3 is 2.53 bits per heavy atom. The van der Waals surface area contributed by atoms with Crippen LogP contribution in [0.5, 0.6) is 0 Å². The van der Waals surface area contributed by atoms with E-state index >= 15 is 0 Å². The van der Waals surface area contributed by atoms with Crippen molar-refractivity contribution < 1.29 is 9.26 Å². The number of anilines is 1. The van der Waals surface area contributed by atoms with Crippen LogP contribution in [0.3, 0.4) is 0 Å². The van der Waals surface area contributed by atoms with E-state index in [1.165, 1.54) is 5.56 Å². The van der Waals surface area contributed by atoms with Gasteiger partial charge in [0.25, 0.3) is 0 Å². The minimum atomic E-state index is 0.413. The first-order chi connectivity index (χ1) is 8.31. The number of nitrogen functional groups attached to an aromatic ring is 1. The van der Waals surface area contributed by atoms with E-state index in [0.29, 0.717) is 17.5 Å². The van der Waals surface area contributed by atoms with Gasteiger partial charge in [-0.1, -0.05) is 29.4 Å². The van der Waals surface area contributed by atoms with Gasteiger partial charge in [0.1, 0.15) is 0 Å². The van der Waals surface area contributed by atoms with E-state index in [4.69, 9.17) is 15.0 Å². The van der Waals surface area contributed by atoms with Gasteiger partial charge in [-0.25, -0.2) is 0 Å². The van der Waals surface area contributed by atoms with Crippen LogP contribution in [-0.4, -0.2) is 18.4 Å². The number of nitrogens with zero attached hydrogens (tertiary/aromatic N) is 1. The molecule has 0 bridgehead atoms. The number of hydrogen-bond acceptors (Lipinski definition) is 4. The van der Waals surface area contributed by atoms with Crippen molar-refractivity contribution >= 4 is 5.82 Å². The van der Waals surface area contributed by atoms with Crippen LogP contribution in [0.2, 0.25) is 0 Å². The molecule has 4 heteroatoms. The van der Waals surface area contributed by atoms with E-state index < -0.39 is 0 Å². The Morgan fingerprint density at radius 2 is 2.00 bits per heavy atom. The Labute approximate surface area is 99.4 Å². The summed E-state index contributed by atoms with van der Waals surface area (Å²) in [6.45, 7) is 1.78. The summed E-state index contributed by atoms with van der Waals surface area (Å²) in [5, 5.41) is 3.67. The standard InChI is InChI=1S/C13H14N2O2/c14-13-6-12(17-15-13)11-3-1-9(2-4-11)5-10-7-16-8-10/h1-4,6,10H,5,7-8H2,(H2,14,15). The van der Waals surface area contributed by atoms with E-state index in [0.717, 1.165) is 25.2 Å². The molecular formula is C13H14N2O2. The Kier molecular flexibility index (Phi) is 2.57. The normalized spacial score (nSPS) is 15.8. The molecule has 1 fully saturated rings. The predicted octanol–water partition coefficient (Wildman–Crippen LogP) is 2.11. The highest BCUT2D eigenvalue weighted by Crippen LogP contribution is 2.23. The van der Waals surface area contributed by atoms with Crippen molar-refractivity contribution in [2.24, 2.45) is 5.92 Å². The zero-order valence-electron chi connectivity index (χ0n) is 9.43. The number of nitrogens with two attached hydrogens (primary N) is 1. The number of benzene rings is 1. The lowest BCUT2D eigenvalue weighted by atomic mass is 9.97. The van der Waals surface area contributed by atoms with E-state index in [2.05, 4.69) is 17.3 Å². The molecule has 1 aromatic carbocycles. The quantitative estimate of drug-likeness (QED) is 0.877. The molecule has 0 unspecified atom stereocenters. The topological polar surface area (TPSA) is 61.3 Å². The minimum absolute atomic E-state index is 0.413. The number of rotatable bonds is 3. The third-order valence-electron chi connectivity index (χ3n) is 3.00. The molecule has 1 aliphatic rings. The summed E-state index contributed by atoms with van der Waals surface area (Å²) < 4.78 is 10.3. The van der Waals surface area contributed by atoms with Gasteiger partial charge in [0.2, 0.25) is 0 Å². The van der Waals surface area contributed by atoms with Crippen molar-refractivity contribution in [3.63, 3.8) is 0 Å². The summed E-state index contributed by atoms with van der Waals surface area (Å²) in [4.78, 5) is 0.